The van der Waals surface area contributed by atoms with Crippen molar-refractivity contribution < 1.29 is 17.9 Å². The zero-order valence-corrected chi connectivity index (χ0v) is 21.3. The zero-order valence-electron chi connectivity index (χ0n) is 19.7. The van der Waals surface area contributed by atoms with Crippen LogP contribution in [0.3, 0.4) is 0 Å². The van der Waals surface area contributed by atoms with Gasteiger partial charge >= 0.3 is 0 Å². The van der Waals surface area contributed by atoms with Crippen molar-refractivity contribution in [1.82, 2.24) is 5.32 Å². The summed E-state index contributed by atoms with van der Waals surface area (Å²) >= 11 is 5.95. The van der Waals surface area contributed by atoms with Crippen LogP contribution in [0.4, 0.5) is 5.69 Å². The molecular weight excluding hydrogens is 472 g/mol. The third-order valence-corrected chi connectivity index (χ3v) is 7.77. The molecule has 8 heteroatoms. The monoisotopic (exact) mass is 500 g/mol. The van der Waals surface area contributed by atoms with Gasteiger partial charge in [-0.2, -0.15) is 0 Å². The molecule has 0 bridgehead atoms. The van der Waals surface area contributed by atoms with Crippen molar-refractivity contribution in [3.63, 3.8) is 0 Å². The molecule has 0 unspecified atom stereocenters. The van der Waals surface area contributed by atoms with Gasteiger partial charge < -0.3 is 10.1 Å². The Hall–Kier alpha value is -3.03. The predicted octanol–water partition coefficient (Wildman–Crippen LogP) is 5.43. The number of rotatable bonds is 9. The molecule has 3 aromatic carbocycles. The Morgan fingerprint density at radius 3 is 2.21 bits per heavy atom. The van der Waals surface area contributed by atoms with Crippen molar-refractivity contribution in [2.24, 2.45) is 0 Å². The van der Waals surface area contributed by atoms with Crippen LogP contribution in [-0.4, -0.2) is 28.0 Å². The number of nitrogens with zero attached hydrogens (tertiary/aromatic N) is 1. The van der Waals surface area contributed by atoms with Crippen LogP contribution in [0, 0.1) is 13.8 Å². The molecule has 180 valence electrons. The average molecular weight is 501 g/mol. The molecule has 3 aromatic rings. The minimum atomic E-state index is -4.01. The van der Waals surface area contributed by atoms with Gasteiger partial charge in [-0.3, -0.25) is 9.10 Å². The predicted molar refractivity (Wildman–Crippen MR) is 136 cm³/mol. The van der Waals surface area contributed by atoms with Gasteiger partial charge in [0.2, 0.25) is 5.91 Å². The molecule has 6 nitrogen and oxygen atoms in total. The number of amides is 1. The average Bonchev–Trinajstić information content (AvgIpc) is 2.83. The molecule has 1 N–H and O–H groups in total. The second-order valence-electron chi connectivity index (χ2n) is 8.04. The van der Waals surface area contributed by atoms with Gasteiger partial charge in [-0.15, -0.1) is 0 Å². The lowest BCUT2D eigenvalue weighted by atomic mass is 10.0. The van der Waals surface area contributed by atoms with Gasteiger partial charge in [0.1, 0.15) is 12.3 Å². The molecule has 0 saturated heterocycles. The highest BCUT2D eigenvalue weighted by atomic mass is 35.5. The summed E-state index contributed by atoms with van der Waals surface area (Å²) in [5.74, 6) is 0.318. The van der Waals surface area contributed by atoms with E-state index < -0.39 is 15.9 Å². The number of halogens is 1. The summed E-state index contributed by atoms with van der Waals surface area (Å²) < 4.78 is 33.5. The van der Waals surface area contributed by atoms with Crippen LogP contribution in [0.1, 0.15) is 36.1 Å². The highest BCUT2D eigenvalue weighted by molar-refractivity contribution is 7.92. The number of benzene rings is 3. The molecule has 0 fully saturated rings. The van der Waals surface area contributed by atoms with E-state index in [1.807, 2.05) is 51.1 Å². The minimum absolute atomic E-state index is 0.0603. The molecular formula is C26H29ClN2O4S. The fraction of sp³-hybridized carbons (Fsp3) is 0.269. The lowest BCUT2D eigenvalue weighted by Crippen LogP contribution is -2.42. The van der Waals surface area contributed by atoms with Crippen molar-refractivity contribution in [3.05, 3.63) is 88.4 Å². The van der Waals surface area contributed by atoms with E-state index in [0.29, 0.717) is 17.1 Å². The summed E-state index contributed by atoms with van der Waals surface area (Å²) in [5, 5.41) is 3.40. The molecule has 1 atom stereocenters. The topological polar surface area (TPSA) is 75.7 Å². The number of sulfonamides is 1. The molecule has 0 spiro atoms. The molecule has 0 heterocycles. The van der Waals surface area contributed by atoms with E-state index in [0.717, 1.165) is 26.7 Å². The van der Waals surface area contributed by atoms with Crippen LogP contribution in [-0.2, 0) is 14.8 Å². The molecule has 0 radical (unpaired) electrons. The summed E-state index contributed by atoms with van der Waals surface area (Å²) in [5.41, 5.74) is 3.29. The van der Waals surface area contributed by atoms with Crippen LogP contribution >= 0.6 is 11.6 Å². The maximum Gasteiger partial charge on any atom is 0.264 e. The van der Waals surface area contributed by atoms with Gasteiger partial charge in [0.05, 0.1) is 23.7 Å². The molecule has 0 aliphatic rings. The first-order valence-corrected chi connectivity index (χ1v) is 12.8. The number of anilines is 1. The molecule has 3 rings (SSSR count). The lowest BCUT2D eigenvalue weighted by Gasteiger charge is -2.26. The summed E-state index contributed by atoms with van der Waals surface area (Å²) in [7, 11) is -2.42. The largest absolute Gasteiger partial charge is 0.497 e. The lowest BCUT2D eigenvalue weighted by molar-refractivity contribution is -0.120. The Labute approximate surface area is 206 Å². The van der Waals surface area contributed by atoms with Gasteiger partial charge in [-0.25, -0.2) is 8.42 Å². The SMILES string of the molecule is CC[C@@H](NC(=O)CN(c1ccc(C)c(C)c1)S(=O)(=O)c1ccc(Cl)cc1)c1ccc(OC)cc1. The Morgan fingerprint density at radius 1 is 1.00 bits per heavy atom. The second kappa shape index (κ2) is 10.9. The van der Waals surface area contributed by atoms with Gasteiger partial charge in [0.15, 0.2) is 0 Å². The molecule has 0 saturated carbocycles. The second-order valence-corrected chi connectivity index (χ2v) is 10.3. The molecule has 0 aliphatic heterocycles. The van der Waals surface area contributed by atoms with Crippen LogP contribution in [0.5, 0.6) is 5.75 Å². The van der Waals surface area contributed by atoms with E-state index in [4.69, 9.17) is 16.3 Å². The third kappa shape index (κ3) is 5.90. The van der Waals surface area contributed by atoms with Crippen LogP contribution in [0.25, 0.3) is 0 Å². The van der Waals surface area contributed by atoms with E-state index >= 15 is 0 Å². The number of aryl methyl sites for hydroxylation is 2. The van der Waals surface area contributed by atoms with Crippen LogP contribution in [0.2, 0.25) is 5.02 Å². The number of carbonyl (C=O) groups is 1. The van der Waals surface area contributed by atoms with E-state index in [9.17, 15) is 13.2 Å². The van der Waals surface area contributed by atoms with Crippen molar-refractivity contribution in [3.8, 4) is 5.75 Å². The standard InChI is InChI=1S/C26H29ClN2O4S/c1-5-25(20-7-12-23(33-4)13-8-20)28-26(30)17-29(22-11-6-18(2)19(3)16-22)34(31,32)24-14-9-21(27)10-15-24/h6-16,25H,5,17H2,1-4H3,(H,28,30)/t25-/m1/s1. The number of carbonyl (C=O) groups excluding carboxylic acids is 1. The molecule has 0 aromatic heterocycles. The van der Waals surface area contributed by atoms with Crippen LogP contribution in [0.15, 0.2) is 71.6 Å². The third-order valence-electron chi connectivity index (χ3n) is 5.73. The van der Waals surface area contributed by atoms with E-state index in [-0.39, 0.29) is 17.5 Å². The Morgan fingerprint density at radius 2 is 1.65 bits per heavy atom. The van der Waals surface area contributed by atoms with Gasteiger partial charge in [-0.1, -0.05) is 36.7 Å². The summed E-state index contributed by atoms with van der Waals surface area (Å²) in [6.45, 7) is 5.45. The number of hydrogen-bond acceptors (Lipinski definition) is 4. The highest BCUT2D eigenvalue weighted by Crippen LogP contribution is 2.27. The minimum Gasteiger partial charge on any atom is -0.497 e. The normalized spacial score (nSPS) is 12.1. The molecule has 34 heavy (non-hydrogen) atoms. The Bertz CT molecular complexity index is 1240. The highest BCUT2D eigenvalue weighted by Gasteiger charge is 2.28. The first-order valence-electron chi connectivity index (χ1n) is 10.9. The smallest absolute Gasteiger partial charge is 0.264 e. The van der Waals surface area contributed by atoms with Gasteiger partial charge in [0, 0.05) is 5.02 Å². The molecule has 1 amide bonds. The Kier molecular flexibility index (Phi) is 8.23. The summed E-state index contributed by atoms with van der Waals surface area (Å²) in [6, 6.07) is 18.4. The number of hydrogen-bond donors (Lipinski definition) is 1. The van der Waals surface area contributed by atoms with Crippen molar-refractivity contribution in [1.29, 1.82) is 0 Å². The van der Waals surface area contributed by atoms with Crippen molar-refractivity contribution in [2.75, 3.05) is 18.0 Å². The first kappa shape index (κ1) is 25.6. The number of nitrogens with one attached hydrogen (secondary N) is 1. The van der Waals surface area contributed by atoms with Crippen molar-refractivity contribution in [2.45, 2.75) is 38.1 Å². The maximum absolute atomic E-state index is 13.6. The number of ether oxygens (including phenoxy) is 1. The summed E-state index contributed by atoms with van der Waals surface area (Å²) in [4.78, 5) is 13.2. The molecule has 0 aliphatic carbocycles. The Balaban J connectivity index is 1.91. The summed E-state index contributed by atoms with van der Waals surface area (Å²) in [6.07, 6.45) is 0.644. The van der Waals surface area contributed by atoms with E-state index in [1.165, 1.54) is 24.3 Å². The quantitative estimate of drug-likeness (QED) is 0.425. The van der Waals surface area contributed by atoms with Gasteiger partial charge in [-0.05, 0) is 85.5 Å². The van der Waals surface area contributed by atoms with Gasteiger partial charge in [0.25, 0.3) is 10.0 Å². The zero-order chi connectivity index (χ0) is 24.9. The van der Waals surface area contributed by atoms with Crippen molar-refractivity contribution >= 4 is 33.2 Å². The first-order chi connectivity index (χ1) is 16.1. The number of methoxy groups -OCH3 is 1. The van der Waals surface area contributed by atoms with E-state index in [1.54, 1.807) is 19.2 Å². The van der Waals surface area contributed by atoms with Crippen LogP contribution < -0.4 is 14.4 Å². The maximum atomic E-state index is 13.6. The fourth-order valence-corrected chi connectivity index (χ4v) is 5.10. The fourth-order valence-electron chi connectivity index (χ4n) is 3.56. The van der Waals surface area contributed by atoms with E-state index in [2.05, 4.69) is 5.32 Å².